The topological polar surface area (TPSA) is 80.9 Å². The molecule has 2 atom stereocenters. The molecule has 0 radical (unpaired) electrons. The van der Waals surface area contributed by atoms with Gasteiger partial charge in [0, 0.05) is 23.8 Å². The average molecular weight is 438 g/mol. The third-order valence-corrected chi connectivity index (χ3v) is 5.16. The van der Waals surface area contributed by atoms with Gasteiger partial charge in [-0.1, -0.05) is 25.1 Å². The number of carbonyl (C=O) groups is 1. The third kappa shape index (κ3) is 5.80. The van der Waals surface area contributed by atoms with Gasteiger partial charge in [0.15, 0.2) is 0 Å². The first-order valence-electron chi connectivity index (χ1n) is 9.46. The van der Waals surface area contributed by atoms with Crippen LogP contribution >= 0.6 is 11.8 Å². The lowest BCUT2D eigenvalue weighted by molar-refractivity contribution is -0.148. The second kappa shape index (κ2) is 11.7. The Labute approximate surface area is 178 Å². The van der Waals surface area contributed by atoms with E-state index in [2.05, 4.69) is 15.8 Å². The summed E-state index contributed by atoms with van der Waals surface area (Å²) in [6.45, 7) is 1.44. The number of hydrogen-bond donors (Lipinski definition) is 0. The molecule has 1 heterocycles. The number of rotatable bonds is 10. The van der Waals surface area contributed by atoms with E-state index in [1.807, 2.05) is 6.92 Å². The van der Waals surface area contributed by atoms with Gasteiger partial charge < -0.3 is 14.2 Å². The molecule has 0 amide bonds. The molecular weight excluding hydrogens is 414 g/mol. The number of carbonyl (C=O) groups excluding carboxylic acids is 1. The maximum atomic E-state index is 13.0. The minimum Gasteiger partial charge on any atom is -0.463 e. The summed E-state index contributed by atoms with van der Waals surface area (Å²) in [5.41, 5.74) is 0.955. The van der Waals surface area contributed by atoms with Gasteiger partial charge in [-0.2, -0.15) is 14.0 Å². The normalized spacial score (nSPS) is 18.8. The highest BCUT2D eigenvalue weighted by atomic mass is 32.2. The van der Waals surface area contributed by atoms with Gasteiger partial charge in [0.1, 0.15) is 23.3 Å². The molecule has 6 nitrogen and oxygen atoms in total. The molecule has 1 aliphatic rings. The molecule has 2 unspecified atom stereocenters. The van der Waals surface area contributed by atoms with E-state index in [1.165, 1.54) is 17.8 Å². The summed E-state index contributed by atoms with van der Waals surface area (Å²) in [6.07, 6.45) is 2.60. The number of ether oxygens (including phenoxy) is 3. The lowest BCUT2D eigenvalue weighted by Crippen LogP contribution is -2.35. The van der Waals surface area contributed by atoms with Crippen molar-refractivity contribution in [3.8, 4) is 11.8 Å². The number of para-hydroxylation sites is 1. The molecule has 0 aliphatic carbocycles. The van der Waals surface area contributed by atoms with Gasteiger partial charge in [-0.3, -0.25) is 4.79 Å². The van der Waals surface area contributed by atoms with Gasteiger partial charge >= 0.3 is 12.6 Å². The molecule has 30 heavy (non-hydrogen) atoms. The Balaban J connectivity index is 2.43. The Morgan fingerprint density at radius 1 is 1.30 bits per heavy atom. The largest absolute Gasteiger partial charge is 0.463 e. The number of esters is 1. The number of thioether (sulfide) groups is 1. The summed E-state index contributed by atoms with van der Waals surface area (Å²) in [6, 6.07) is 8.25. The maximum Gasteiger partial charge on any atom is 0.387 e. The second-order valence-electron chi connectivity index (χ2n) is 6.44. The van der Waals surface area contributed by atoms with Crippen LogP contribution in [0, 0.1) is 17.2 Å². The van der Waals surface area contributed by atoms with Gasteiger partial charge in [-0.05, 0) is 25.7 Å². The molecule has 1 aromatic rings. The molecule has 0 saturated carbocycles. The van der Waals surface area contributed by atoms with Crippen molar-refractivity contribution in [2.45, 2.75) is 32.8 Å². The first-order valence-corrected chi connectivity index (χ1v) is 10.7. The molecule has 0 saturated heterocycles. The van der Waals surface area contributed by atoms with E-state index < -0.39 is 24.4 Å². The van der Waals surface area contributed by atoms with Gasteiger partial charge in [0.2, 0.25) is 0 Å². The van der Waals surface area contributed by atoms with Crippen LogP contribution < -0.4 is 4.74 Å². The van der Waals surface area contributed by atoms with Crippen LogP contribution in [0.2, 0.25) is 0 Å². The van der Waals surface area contributed by atoms with Crippen molar-refractivity contribution in [1.29, 1.82) is 5.26 Å². The molecule has 9 heteroatoms. The van der Waals surface area contributed by atoms with Crippen LogP contribution in [0.1, 0.15) is 31.7 Å². The smallest absolute Gasteiger partial charge is 0.387 e. The highest BCUT2D eigenvalue weighted by molar-refractivity contribution is 8.02. The van der Waals surface area contributed by atoms with E-state index >= 15 is 0 Å². The standard InChI is InChI=1S/C21H24F2N2O4S/c1-4-9-27-10-11-28-20(26)17-13(2)25-19(30-3)15(12-24)18(17)14-7-5-6-8-16(14)29-21(22)23/h5-8,17-18,21H,4,9-11H2,1-3H3. The molecule has 2 rings (SSSR count). The number of allylic oxidation sites excluding steroid dienone is 1. The van der Waals surface area contributed by atoms with Crippen molar-refractivity contribution in [3.05, 3.63) is 40.4 Å². The number of halogens is 2. The third-order valence-electron chi connectivity index (χ3n) is 4.46. The highest BCUT2D eigenvalue weighted by Gasteiger charge is 2.41. The van der Waals surface area contributed by atoms with Crippen molar-refractivity contribution in [2.75, 3.05) is 26.1 Å². The molecule has 0 bridgehead atoms. The van der Waals surface area contributed by atoms with Crippen molar-refractivity contribution in [1.82, 2.24) is 0 Å². The number of aliphatic imine (C=N–C) groups is 1. The van der Waals surface area contributed by atoms with Gasteiger partial charge in [-0.15, -0.1) is 11.8 Å². The van der Waals surface area contributed by atoms with Crippen LogP contribution in [-0.4, -0.2) is 44.4 Å². The molecule has 0 fully saturated rings. The zero-order chi connectivity index (χ0) is 22.1. The molecule has 0 N–H and O–H groups in total. The summed E-state index contributed by atoms with van der Waals surface area (Å²) in [7, 11) is 0. The Hall–Kier alpha value is -2.44. The molecular formula is C21H24F2N2O4S. The van der Waals surface area contributed by atoms with Crippen LogP contribution in [0.5, 0.6) is 5.75 Å². The van der Waals surface area contributed by atoms with Gasteiger partial charge in [0.25, 0.3) is 0 Å². The second-order valence-corrected chi connectivity index (χ2v) is 7.23. The SMILES string of the molecule is CCCOCCOC(=O)C1C(C)=NC(SC)=C(C#N)C1c1ccccc1OC(F)F. The van der Waals surface area contributed by atoms with Crippen LogP contribution in [0.3, 0.4) is 0 Å². The van der Waals surface area contributed by atoms with Crippen molar-refractivity contribution < 1.29 is 27.8 Å². The zero-order valence-corrected chi connectivity index (χ0v) is 17.9. The highest BCUT2D eigenvalue weighted by Crippen LogP contribution is 2.44. The Bertz CT molecular complexity index is 852. The summed E-state index contributed by atoms with van der Waals surface area (Å²) >= 11 is 1.25. The summed E-state index contributed by atoms with van der Waals surface area (Å²) in [5, 5.41) is 10.2. The Morgan fingerprint density at radius 2 is 2.03 bits per heavy atom. The summed E-state index contributed by atoms with van der Waals surface area (Å²) < 4.78 is 41.3. The number of nitriles is 1. The first kappa shape index (κ1) is 23.8. The Kier molecular flexibility index (Phi) is 9.27. The minimum absolute atomic E-state index is 0.0471. The number of nitrogens with zero attached hydrogens (tertiary/aromatic N) is 2. The van der Waals surface area contributed by atoms with Crippen LogP contribution in [-0.2, 0) is 14.3 Å². The van der Waals surface area contributed by atoms with E-state index in [0.29, 0.717) is 22.9 Å². The fourth-order valence-electron chi connectivity index (χ4n) is 3.22. The van der Waals surface area contributed by atoms with Crippen molar-refractivity contribution in [3.63, 3.8) is 0 Å². The van der Waals surface area contributed by atoms with Gasteiger partial charge in [-0.25, -0.2) is 4.99 Å². The van der Waals surface area contributed by atoms with Crippen molar-refractivity contribution >= 4 is 23.4 Å². The predicted octanol–water partition coefficient (Wildman–Crippen LogP) is 4.53. The fourth-order valence-corrected chi connectivity index (χ4v) is 3.85. The maximum absolute atomic E-state index is 13.0. The average Bonchev–Trinajstić information content (AvgIpc) is 2.72. The summed E-state index contributed by atoms with van der Waals surface area (Å²) in [4.78, 5) is 17.3. The predicted molar refractivity (Wildman–Crippen MR) is 111 cm³/mol. The van der Waals surface area contributed by atoms with E-state index in [1.54, 1.807) is 31.4 Å². The molecule has 1 aromatic carbocycles. The molecule has 1 aliphatic heterocycles. The monoisotopic (exact) mass is 438 g/mol. The number of alkyl halides is 2. The van der Waals surface area contributed by atoms with E-state index in [9.17, 15) is 18.8 Å². The van der Waals surface area contributed by atoms with E-state index in [4.69, 9.17) is 9.47 Å². The molecule has 0 spiro atoms. The van der Waals surface area contributed by atoms with Gasteiger partial charge in [0.05, 0.1) is 18.2 Å². The number of hydrogen-bond acceptors (Lipinski definition) is 7. The van der Waals surface area contributed by atoms with Crippen molar-refractivity contribution in [2.24, 2.45) is 10.9 Å². The molecule has 162 valence electrons. The lowest BCUT2D eigenvalue weighted by atomic mass is 9.77. The zero-order valence-electron chi connectivity index (χ0n) is 17.1. The Morgan fingerprint density at radius 3 is 2.67 bits per heavy atom. The van der Waals surface area contributed by atoms with E-state index in [-0.39, 0.29) is 24.5 Å². The first-order chi connectivity index (χ1) is 14.4. The van der Waals surface area contributed by atoms with Crippen LogP contribution in [0.4, 0.5) is 8.78 Å². The summed E-state index contributed by atoms with van der Waals surface area (Å²) in [5.74, 6) is -2.48. The fraction of sp³-hybridized carbons (Fsp3) is 0.476. The minimum atomic E-state index is -3.04. The van der Waals surface area contributed by atoms with E-state index in [0.717, 1.165) is 6.42 Å². The lowest BCUT2D eigenvalue weighted by Gasteiger charge is -2.31. The molecule has 0 aromatic heterocycles. The quantitative estimate of drug-likeness (QED) is 0.394. The van der Waals surface area contributed by atoms with Crippen LogP contribution in [0.25, 0.3) is 0 Å². The van der Waals surface area contributed by atoms with Crippen LogP contribution in [0.15, 0.2) is 39.9 Å². The number of benzene rings is 1.